The molecule has 90 valence electrons. The van der Waals surface area contributed by atoms with E-state index in [1.54, 1.807) is 33.5 Å². The minimum Gasteiger partial charge on any atom is -0.497 e. The molecule has 0 aliphatic carbocycles. The predicted octanol–water partition coefficient (Wildman–Crippen LogP) is 2.38. The monoisotopic (exact) mass is 245 g/mol. The maximum Gasteiger partial charge on any atom is 0.173 e. The van der Waals surface area contributed by atoms with Crippen LogP contribution in [0.4, 0.5) is 5.69 Å². The standard InChI is InChI=1S/C11H16ClNO3/c1-14-8-4-5-9(12)10(6-8)13-7-11(15-2)16-3/h4-6,11,13H,7H2,1-3H3. The average Bonchev–Trinajstić information content (AvgIpc) is 2.32. The lowest BCUT2D eigenvalue weighted by Crippen LogP contribution is -2.23. The van der Waals surface area contributed by atoms with E-state index in [1.807, 2.05) is 6.07 Å². The molecular weight excluding hydrogens is 230 g/mol. The maximum atomic E-state index is 6.02. The molecule has 1 aromatic carbocycles. The number of nitrogens with one attached hydrogen (secondary N) is 1. The molecule has 0 atom stereocenters. The van der Waals surface area contributed by atoms with Crippen LogP contribution in [-0.2, 0) is 9.47 Å². The molecule has 0 aliphatic rings. The minimum absolute atomic E-state index is 0.303. The van der Waals surface area contributed by atoms with Gasteiger partial charge in [-0.05, 0) is 12.1 Å². The first-order valence-electron chi connectivity index (χ1n) is 4.84. The average molecular weight is 246 g/mol. The summed E-state index contributed by atoms with van der Waals surface area (Å²) in [6.07, 6.45) is -0.303. The lowest BCUT2D eigenvalue weighted by atomic mass is 10.3. The lowest BCUT2D eigenvalue weighted by molar-refractivity contribution is -0.0914. The van der Waals surface area contributed by atoms with Crippen molar-refractivity contribution < 1.29 is 14.2 Å². The minimum atomic E-state index is -0.303. The fourth-order valence-corrected chi connectivity index (χ4v) is 1.41. The first kappa shape index (κ1) is 13.1. The van der Waals surface area contributed by atoms with Crippen molar-refractivity contribution in [3.05, 3.63) is 23.2 Å². The molecular formula is C11H16ClNO3. The van der Waals surface area contributed by atoms with Gasteiger partial charge < -0.3 is 19.5 Å². The van der Waals surface area contributed by atoms with Crippen LogP contribution in [0, 0.1) is 0 Å². The van der Waals surface area contributed by atoms with E-state index in [4.69, 9.17) is 25.8 Å². The highest BCUT2D eigenvalue weighted by atomic mass is 35.5. The molecule has 0 spiro atoms. The molecule has 0 radical (unpaired) electrons. The zero-order valence-electron chi connectivity index (χ0n) is 9.62. The van der Waals surface area contributed by atoms with Crippen molar-refractivity contribution in [3.63, 3.8) is 0 Å². The smallest absolute Gasteiger partial charge is 0.173 e. The SMILES string of the molecule is COc1ccc(Cl)c(NCC(OC)OC)c1. The van der Waals surface area contributed by atoms with Crippen molar-refractivity contribution >= 4 is 17.3 Å². The van der Waals surface area contributed by atoms with Gasteiger partial charge in [0, 0.05) is 20.3 Å². The van der Waals surface area contributed by atoms with Crippen LogP contribution in [0.1, 0.15) is 0 Å². The molecule has 1 rings (SSSR count). The van der Waals surface area contributed by atoms with Crippen molar-refractivity contribution in [1.29, 1.82) is 0 Å². The van der Waals surface area contributed by atoms with Crippen molar-refractivity contribution in [1.82, 2.24) is 0 Å². The van der Waals surface area contributed by atoms with Crippen molar-refractivity contribution in [3.8, 4) is 5.75 Å². The van der Waals surface area contributed by atoms with Crippen LogP contribution in [0.25, 0.3) is 0 Å². The second kappa shape index (κ2) is 6.58. The summed E-state index contributed by atoms with van der Waals surface area (Å²) >= 11 is 6.02. The van der Waals surface area contributed by atoms with Gasteiger partial charge in [0.25, 0.3) is 0 Å². The summed E-state index contributed by atoms with van der Waals surface area (Å²) < 4.78 is 15.2. The largest absolute Gasteiger partial charge is 0.497 e. The summed E-state index contributed by atoms with van der Waals surface area (Å²) in [7, 11) is 4.78. The Morgan fingerprint density at radius 1 is 1.25 bits per heavy atom. The highest BCUT2D eigenvalue weighted by Gasteiger charge is 2.07. The van der Waals surface area contributed by atoms with Crippen LogP contribution in [0.5, 0.6) is 5.75 Å². The number of ether oxygens (including phenoxy) is 3. The lowest BCUT2D eigenvalue weighted by Gasteiger charge is -2.16. The highest BCUT2D eigenvalue weighted by molar-refractivity contribution is 6.33. The summed E-state index contributed by atoms with van der Waals surface area (Å²) in [6, 6.07) is 5.40. The van der Waals surface area contributed by atoms with Gasteiger partial charge in [-0.2, -0.15) is 0 Å². The molecule has 1 aromatic rings. The number of halogens is 1. The Morgan fingerprint density at radius 2 is 1.94 bits per heavy atom. The van der Waals surface area contributed by atoms with E-state index in [9.17, 15) is 0 Å². The predicted molar refractivity (Wildman–Crippen MR) is 64.3 cm³/mol. The van der Waals surface area contributed by atoms with Crippen molar-refractivity contribution in [2.45, 2.75) is 6.29 Å². The third-order valence-electron chi connectivity index (χ3n) is 2.16. The van der Waals surface area contributed by atoms with Crippen LogP contribution in [0.2, 0.25) is 5.02 Å². The molecule has 0 heterocycles. The first-order chi connectivity index (χ1) is 7.71. The number of methoxy groups -OCH3 is 3. The van der Waals surface area contributed by atoms with Gasteiger partial charge in [0.1, 0.15) is 5.75 Å². The maximum absolute atomic E-state index is 6.02. The van der Waals surface area contributed by atoms with Crippen LogP contribution in [-0.4, -0.2) is 34.2 Å². The number of hydrogen-bond acceptors (Lipinski definition) is 4. The molecule has 5 heteroatoms. The normalized spacial score (nSPS) is 10.6. The quantitative estimate of drug-likeness (QED) is 0.782. The summed E-state index contributed by atoms with van der Waals surface area (Å²) in [5.41, 5.74) is 0.792. The number of benzene rings is 1. The van der Waals surface area contributed by atoms with Gasteiger partial charge in [-0.15, -0.1) is 0 Å². The summed E-state index contributed by atoms with van der Waals surface area (Å²) in [4.78, 5) is 0. The molecule has 0 unspecified atom stereocenters. The van der Waals surface area contributed by atoms with Crippen LogP contribution in [0.15, 0.2) is 18.2 Å². The fraction of sp³-hybridized carbons (Fsp3) is 0.455. The van der Waals surface area contributed by atoms with E-state index in [0.717, 1.165) is 11.4 Å². The van der Waals surface area contributed by atoms with E-state index in [-0.39, 0.29) is 6.29 Å². The van der Waals surface area contributed by atoms with Gasteiger partial charge in [-0.3, -0.25) is 0 Å². The van der Waals surface area contributed by atoms with Gasteiger partial charge in [0.2, 0.25) is 0 Å². The van der Waals surface area contributed by atoms with E-state index in [0.29, 0.717) is 11.6 Å². The topological polar surface area (TPSA) is 39.7 Å². The number of rotatable bonds is 6. The van der Waals surface area contributed by atoms with Crippen LogP contribution in [0.3, 0.4) is 0 Å². The molecule has 0 fully saturated rings. The molecule has 0 saturated carbocycles. The number of hydrogen-bond donors (Lipinski definition) is 1. The van der Waals surface area contributed by atoms with Gasteiger partial charge in [0.15, 0.2) is 6.29 Å². The van der Waals surface area contributed by atoms with E-state index < -0.39 is 0 Å². The van der Waals surface area contributed by atoms with Crippen molar-refractivity contribution in [2.75, 3.05) is 33.2 Å². The Labute approximate surface area is 100 Å². The second-order valence-corrected chi connectivity index (χ2v) is 3.53. The summed E-state index contributed by atoms with van der Waals surface area (Å²) in [6.45, 7) is 0.514. The molecule has 16 heavy (non-hydrogen) atoms. The van der Waals surface area contributed by atoms with Crippen LogP contribution >= 0.6 is 11.6 Å². The molecule has 0 aromatic heterocycles. The molecule has 0 bridgehead atoms. The molecule has 1 N–H and O–H groups in total. The fourth-order valence-electron chi connectivity index (χ4n) is 1.22. The molecule has 0 saturated heterocycles. The van der Waals surface area contributed by atoms with Gasteiger partial charge in [-0.25, -0.2) is 0 Å². The van der Waals surface area contributed by atoms with Gasteiger partial charge in [0.05, 0.1) is 24.4 Å². The van der Waals surface area contributed by atoms with Gasteiger partial charge in [-0.1, -0.05) is 11.6 Å². The molecule has 0 aliphatic heterocycles. The Balaban J connectivity index is 2.65. The summed E-state index contributed by atoms with van der Waals surface area (Å²) in [5.74, 6) is 0.748. The Bertz CT molecular complexity index is 329. The van der Waals surface area contributed by atoms with Crippen LogP contribution < -0.4 is 10.1 Å². The van der Waals surface area contributed by atoms with E-state index >= 15 is 0 Å². The second-order valence-electron chi connectivity index (χ2n) is 3.13. The first-order valence-corrected chi connectivity index (χ1v) is 5.22. The van der Waals surface area contributed by atoms with E-state index in [1.165, 1.54) is 0 Å². The summed E-state index contributed by atoms with van der Waals surface area (Å²) in [5, 5.41) is 3.76. The van der Waals surface area contributed by atoms with Gasteiger partial charge >= 0.3 is 0 Å². The third-order valence-corrected chi connectivity index (χ3v) is 2.49. The highest BCUT2D eigenvalue weighted by Crippen LogP contribution is 2.26. The Kier molecular flexibility index (Phi) is 5.38. The van der Waals surface area contributed by atoms with Crippen molar-refractivity contribution in [2.24, 2.45) is 0 Å². The zero-order chi connectivity index (χ0) is 12.0. The Morgan fingerprint density at radius 3 is 2.50 bits per heavy atom. The van der Waals surface area contributed by atoms with E-state index in [2.05, 4.69) is 5.32 Å². The third kappa shape index (κ3) is 3.56. The molecule has 4 nitrogen and oxygen atoms in total. The zero-order valence-corrected chi connectivity index (χ0v) is 10.4. The number of anilines is 1. The Hall–Kier alpha value is -0.970. The molecule has 0 amide bonds.